The first-order chi connectivity index (χ1) is 18.9. The number of carbonyl (C=O) groups excluding carboxylic acids is 1. The van der Waals surface area contributed by atoms with E-state index in [1.165, 1.54) is 0 Å². The summed E-state index contributed by atoms with van der Waals surface area (Å²) in [5.74, 6) is -0.260. The Morgan fingerprint density at radius 2 is 1.69 bits per heavy atom. The second-order valence-corrected chi connectivity index (χ2v) is 11.0. The Kier molecular flexibility index (Phi) is 8.86. The lowest BCUT2D eigenvalue weighted by Crippen LogP contribution is -2.50. The number of nitrogens with one attached hydrogen (secondary N) is 1. The third-order valence-electron chi connectivity index (χ3n) is 7.67. The van der Waals surface area contributed by atoms with E-state index in [4.69, 9.17) is 32.7 Å². The van der Waals surface area contributed by atoms with Gasteiger partial charge in [0.25, 0.3) is 0 Å². The van der Waals surface area contributed by atoms with E-state index in [1.807, 2.05) is 18.2 Å². The number of piperidine rings is 1. The van der Waals surface area contributed by atoms with E-state index < -0.39 is 5.60 Å². The summed E-state index contributed by atoms with van der Waals surface area (Å²) in [6.07, 6.45) is 3.66. The Hall–Kier alpha value is -2.92. The van der Waals surface area contributed by atoms with Crippen LogP contribution < -0.4 is 5.32 Å². The molecule has 0 saturated carbocycles. The van der Waals surface area contributed by atoms with Crippen LogP contribution in [0.1, 0.15) is 36.8 Å². The van der Waals surface area contributed by atoms with Gasteiger partial charge in [-0.05, 0) is 72.7 Å². The van der Waals surface area contributed by atoms with Gasteiger partial charge in [-0.25, -0.2) is 0 Å². The predicted molar refractivity (Wildman–Crippen MR) is 154 cm³/mol. The summed E-state index contributed by atoms with van der Waals surface area (Å²) in [6.45, 7) is 3.31. The van der Waals surface area contributed by atoms with Gasteiger partial charge in [-0.2, -0.15) is 5.26 Å². The first kappa shape index (κ1) is 27.6. The summed E-state index contributed by atoms with van der Waals surface area (Å²) in [4.78, 5) is 15.4. The molecule has 202 valence electrons. The van der Waals surface area contributed by atoms with Crippen molar-refractivity contribution in [2.24, 2.45) is 0 Å². The van der Waals surface area contributed by atoms with Gasteiger partial charge in [-0.1, -0.05) is 59.6 Å². The number of rotatable bonds is 7. The smallest absolute Gasteiger partial charge is 0.250 e. The first-order valence-electron chi connectivity index (χ1n) is 13.3. The van der Waals surface area contributed by atoms with Gasteiger partial charge >= 0.3 is 0 Å². The van der Waals surface area contributed by atoms with Gasteiger partial charge < -0.3 is 14.8 Å². The Labute approximate surface area is 239 Å². The lowest BCUT2D eigenvalue weighted by atomic mass is 9.82. The van der Waals surface area contributed by atoms with Crippen LogP contribution in [0.5, 0.6) is 0 Å². The van der Waals surface area contributed by atoms with E-state index in [0.29, 0.717) is 27.3 Å². The molecule has 0 unspecified atom stereocenters. The van der Waals surface area contributed by atoms with E-state index in [0.717, 1.165) is 68.7 Å². The van der Waals surface area contributed by atoms with Crippen LogP contribution in [0.4, 0.5) is 5.69 Å². The molecule has 8 heteroatoms. The fourth-order valence-corrected chi connectivity index (χ4v) is 6.10. The molecule has 0 aromatic heterocycles. The summed E-state index contributed by atoms with van der Waals surface area (Å²) < 4.78 is 12.1. The minimum atomic E-state index is -0.585. The average Bonchev–Trinajstić information content (AvgIpc) is 2.96. The molecule has 2 aliphatic heterocycles. The highest BCUT2D eigenvalue weighted by Crippen LogP contribution is 2.39. The van der Waals surface area contributed by atoms with Gasteiger partial charge in [0.2, 0.25) is 5.91 Å². The largest absolute Gasteiger partial charge is 0.381 e. The highest BCUT2D eigenvalue weighted by molar-refractivity contribution is 6.35. The number of carbonyl (C=O) groups is 1. The van der Waals surface area contributed by atoms with Crippen molar-refractivity contribution in [1.29, 1.82) is 5.26 Å². The summed E-state index contributed by atoms with van der Waals surface area (Å²) in [5, 5.41) is 13.0. The third-order valence-corrected chi connectivity index (χ3v) is 8.11. The number of ether oxygens (including phenoxy) is 2. The van der Waals surface area contributed by atoms with Crippen molar-refractivity contribution >= 4 is 34.8 Å². The van der Waals surface area contributed by atoms with Crippen LogP contribution in [0.25, 0.3) is 11.1 Å². The summed E-state index contributed by atoms with van der Waals surface area (Å²) in [7, 11) is 0. The maximum atomic E-state index is 12.9. The number of nitriles is 1. The number of hydrogen-bond acceptors (Lipinski definition) is 5. The summed E-state index contributed by atoms with van der Waals surface area (Å²) >= 11 is 12.2. The van der Waals surface area contributed by atoms with E-state index in [9.17, 15) is 10.1 Å². The highest BCUT2D eigenvalue weighted by atomic mass is 35.5. The second-order valence-electron chi connectivity index (χ2n) is 10.1. The van der Waals surface area contributed by atoms with Gasteiger partial charge in [0.05, 0.1) is 17.2 Å². The molecule has 39 heavy (non-hydrogen) atoms. The number of nitrogens with zero attached hydrogens (tertiary/aromatic N) is 2. The molecule has 3 aromatic rings. The fraction of sp³-hybridized carbons (Fsp3) is 0.355. The van der Waals surface area contributed by atoms with Gasteiger partial charge in [0.1, 0.15) is 6.61 Å². The Morgan fingerprint density at radius 3 is 2.36 bits per heavy atom. The molecular formula is C31H31Cl2N3O3. The van der Waals surface area contributed by atoms with E-state index in [2.05, 4.69) is 40.6 Å². The lowest BCUT2D eigenvalue weighted by molar-refractivity contribution is -0.136. The molecule has 5 rings (SSSR count). The number of likely N-dealkylation sites (tertiary alicyclic amines) is 1. The molecule has 3 aromatic carbocycles. The number of benzene rings is 3. The van der Waals surface area contributed by atoms with Gasteiger partial charge in [-0.15, -0.1) is 0 Å². The van der Waals surface area contributed by atoms with E-state index >= 15 is 0 Å². The van der Waals surface area contributed by atoms with E-state index in [-0.39, 0.29) is 12.5 Å². The SMILES string of the molecule is N#Cc1cccc(-c2ccc(C3(OCC(=O)Nc4cc(Cl)cc(Cl)c4)CCN(C4CCOCC4)CC3)cc2)c1. The van der Waals surface area contributed by atoms with Crippen molar-refractivity contribution < 1.29 is 14.3 Å². The number of anilines is 1. The summed E-state index contributed by atoms with van der Waals surface area (Å²) in [5.41, 5.74) is 3.65. The Morgan fingerprint density at radius 1 is 1.00 bits per heavy atom. The van der Waals surface area contributed by atoms with Crippen molar-refractivity contribution in [3.63, 3.8) is 0 Å². The van der Waals surface area contributed by atoms with Crippen LogP contribution in [0.15, 0.2) is 66.7 Å². The molecule has 0 bridgehead atoms. The van der Waals surface area contributed by atoms with Crippen molar-refractivity contribution in [1.82, 2.24) is 4.90 Å². The molecular weight excluding hydrogens is 533 g/mol. The fourth-order valence-electron chi connectivity index (χ4n) is 5.58. The number of amides is 1. The maximum Gasteiger partial charge on any atom is 0.250 e. The van der Waals surface area contributed by atoms with Crippen molar-refractivity contribution in [2.45, 2.75) is 37.3 Å². The molecule has 2 heterocycles. The van der Waals surface area contributed by atoms with Crippen molar-refractivity contribution in [3.05, 3.63) is 87.9 Å². The first-order valence-corrected chi connectivity index (χ1v) is 14.0. The van der Waals surface area contributed by atoms with Crippen molar-refractivity contribution in [2.75, 3.05) is 38.2 Å². The second kappa shape index (κ2) is 12.5. The van der Waals surface area contributed by atoms with Gasteiger partial charge in [0, 0.05) is 48.1 Å². The summed E-state index contributed by atoms with van der Waals surface area (Å²) in [6, 6.07) is 23.6. The van der Waals surface area contributed by atoms with Gasteiger partial charge in [-0.3, -0.25) is 9.69 Å². The molecule has 6 nitrogen and oxygen atoms in total. The van der Waals surface area contributed by atoms with Crippen molar-refractivity contribution in [3.8, 4) is 17.2 Å². The van der Waals surface area contributed by atoms with Crippen LogP contribution in [0.3, 0.4) is 0 Å². The van der Waals surface area contributed by atoms with Crippen LogP contribution >= 0.6 is 23.2 Å². The number of hydrogen-bond donors (Lipinski definition) is 1. The predicted octanol–water partition coefficient (Wildman–Crippen LogP) is 6.66. The molecule has 1 N–H and O–H groups in total. The quantitative estimate of drug-likeness (QED) is 0.348. The average molecular weight is 565 g/mol. The van der Waals surface area contributed by atoms with E-state index in [1.54, 1.807) is 24.3 Å². The Bertz CT molecular complexity index is 1320. The van der Waals surface area contributed by atoms with Gasteiger partial charge in [0.15, 0.2) is 0 Å². The van der Waals surface area contributed by atoms with Crippen LogP contribution in [0.2, 0.25) is 10.0 Å². The zero-order chi connectivity index (χ0) is 27.2. The zero-order valence-electron chi connectivity index (χ0n) is 21.7. The number of halogens is 2. The molecule has 2 fully saturated rings. The Balaban J connectivity index is 1.33. The topological polar surface area (TPSA) is 74.6 Å². The minimum absolute atomic E-state index is 0.0899. The molecule has 0 aliphatic carbocycles. The van der Waals surface area contributed by atoms with Crippen LogP contribution in [-0.4, -0.2) is 49.8 Å². The standard InChI is InChI=1S/C31H31Cl2N3O3/c32-26-17-27(33)19-28(18-26)35-30(37)21-39-31(10-12-36(13-11-31)29-8-14-38-15-9-29)25-6-4-23(5-7-25)24-3-1-2-22(16-24)20-34/h1-7,16-19,29H,8-15,21H2,(H,35,37). The molecule has 2 aliphatic rings. The minimum Gasteiger partial charge on any atom is -0.381 e. The van der Waals surface area contributed by atoms with Crippen LogP contribution in [0, 0.1) is 11.3 Å². The zero-order valence-corrected chi connectivity index (χ0v) is 23.2. The lowest BCUT2D eigenvalue weighted by Gasteiger charge is -2.45. The molecule has 0 atom stereocenters. The monoisotopic (exact) mass is 563 g/mol. The van der Waals surface area contributed by atoms with Crippen LogP contribution in [-0.2, 0) is 19.9 Å². The maximum absolute atomic E-state index is 12.9. The molecule has 0 spiro atoms. The highest BCUT2D eigenvalue weighted by Gasteiger charge is 2.39. The molecule has 2 saturated heterocycles. The normalized spacial score (nSPS) is 17.9. The molecule has 0 radical (unpaired) electrons. The third kappa shape index (κ3) is 6.81. The molecule has 1 amide bonds.